The van der Waals surface area contributed by atoms with Crippen molar-refractivity contribution in [3.8, 4) is 17.2 Å². The van der Waals surface area contributed by atoms with E-state index in [-0.39, 0.29) is 22.9 Å². The van der Waals surface area contributed by atoms with Crippen LogP contribution < -0.4 is 19.6 Å². The zero-order valence-electron chi connectivity index (χ0n) is 18.7. The Bertz CT molecular complexity index is 1240. The summed E-state index contributed by atoms with van der Waals surface area (Å²) in [5, 5.41) is 4.51. The predicted octanol–water partition coefficient (Wildman–Crippen LogP) is 5.37. The molecule has 7 nitrogen and oxygen atoms in total. The highest BCUT2D eigenvalue weighted by Gasteiger charge is 2.16. The molecule has 0 saturated heterocycles. The molecule has 0 fully saturated rings. The predicted molar refractivity (Wildman–Crippen MR) is 132 cm³/mol. The minimum Gasteiger partial charge on any atom is -0.493 e. The van der Waals surface area contributed by atoms with E-state index >= 15 is 0 Å². The van der Waals surface area contributed by atoms with E-state index in [2.05, 4.69) is 10.5 Å². The average Bonchev–Trinajstić information content (AvgIpc) is 2.80. The topological polar surface area (TPSA) is 86.2 Å². The van der Waals surface area contributed by atoms with Crippen molar-refractivity contribution in [3.05, 3.63) is 86.9 Å². The lowest BCUT2D eigenvalue weighted by Crippen LogP contribution is -2.24. The summed E-state index contributed by atoms with van der Waals surface area (Å²) in [5.74, 6) is 0.0366. The van der Waals surface area contributed by atoms with Gasteiger partial charge < -0.3 is 14.2 Å². The molecular formula is C25H22Cl2N2O5. The maximum Gasteiger partial charge on any atom is 0.345 e. The Balaban J connectivity index is 1.58. The molecule has 0 unspecified atom stereocenters. The Morgan fingerprint density at radius 1 is 0.971 bits per heavy atom. The van der Waals surface area contributed by atoms with Gasteiger partial charge in [-0.3, -0.25) is 4.79 Å². The third-order valence-electron chi connectivity index (χ3n) is 4.79. The molecule has 3 aromatic rings. The van der Waals surface area contributed by atoms with E-state index in [1.165, 1.54) is 25.5 Å². The van der Waals surface area contributed by atoms with Crippen molar-refractivity contribution in [1.82, 2.24) is 5.43 Å². The van der Waals surface area contributed by atoms with Gasteiger partial charge in [-0.2, -0.15) is 5.10 Å². The molecule has 0 aromatic heterocycles. The van der Waals surface area contributed by atoms with E-state index in [0.29, 0.717) is 22.1 Å². The molecule has 0 aliphatic carbocycles. The molecular weight excluding hydrogens is 479 g/mol. The Morgan fingerprint density at radius 3 is 2.47 bits per heavy atom. The molecule has 3 aromatic carbocycles. The van der Waals surface area contributed by atoms with Gasteiger partial charge in [0.15, 0.2) is 18.1 Å². The SMILES string of the molecule is COc1cc(/C=N/NC(=O)COc2ccc(C)c(C)c2)ccc1OC(=O)c1ccc(Cl)cc1Cl. The van der Waals surface area contributed by atoms with Gasteiger partial charge in [-0.05, 0) is 79.1 Å². The molecule has 0 bridgehead atoms. The second-order valence-electron chi connectivity index (χ2n) is 7.25. The molecule has 1 N–H and O–H groups in total. The number of rotatable bonds is 8. The fourth-order valence-corrected chi connectivity index (χ4v) is 3.31. The Morgan fingerprint density at radius 2 is 1.76 bits per heavy atom. The van der Waals surface area contributed by atoms with Crippen molar-refractivity contribution >= 4 is 41.3 Å². The normalized spacial score (nSPS) is 10.7. The molecule has 0 atom stereocenters. The zero-order valence-corrected chi connectivity index (χ0v) is 20.2. The highest BCUT2D eigenvalue weighted by Crippen LogP contribution is 2.30. The molecule has 0 aliphatic heterocycles. The largest absolute Gasteiger partial charge is 0.493 e. The van der Waals surface area contributed by atoms with E-state index in [1.54, 1.807) is 30.3 Å². The van der Waals surface area contributed by atoms with Crippen LogP contribution in [0.15, 0.2) is 59.7 Å². The van der Waals surface area contributed by atoms with E-state index in [1.807, 2.05) is 26.0 Å². The number of methoxy groups -OCH3 is 1. The number of nitrogens with zero attached hydrogens (tertiary/aromatic N) is 1. The van der Waals surface area contributed by atoms with E-state index in [4.69, 9.17) is 37.4 Å². The van der Waals surface area contributed by atoms with Crippen molar-refractivity contribution in [3.63, 3.8) is 0 Å². The van der Waals surface area contributed by atoms with Crippen LogP contribution >= 0.6 is 23.2 Å². The van der Waals surface area contributed by atoms with Crippen molar-refractivity contribution in [2.75, 3.05) is 13.7 Å². The first kappa shape index (κ1) is 25.1. The van der Waals surface area contributed by atoms with E-state index < -0.39 is 11.9 Å². The number of hydrogen-bond acceptors (Lipinski definition) is 6. The van der Waals surface area contributed by atoms with Crippen LogP contribution in [0, 0.1) is 13.8 Å². The monoisotopic (exact) mass is 500 g/mol. The third-order valence-corrected chi connectivity index (χ3v) is 5.34. The number of benzene rings is 3. The van der Waals surface area contributed by atoms with Crippen molar-refractivity contribution in [1.29, 1.82) is 0 Å². The maximum absolute atomic E-state index is 12.5. The van der Waals surface area contributed by atoms with Gasteiger partial charge in [0.25, 0.3) is 5.91 Å². The number of ether oxygens (including phenoxy) is 3. The Kier molecular flexibility index (Phi) is 8.51. The van der Waals surface area contributed by atoms with Crippen LogP contribution in [0.3, 0.4) is 0 Å². The molecule has 3 rings (SSSR count). The van der Waals surface area contributed by atoms with E-state index in [9.17, 15) is 9.59 Å². The second-order valence-corrected chi connectivity index (χ2v) is 8.10. The number of carbonyl (C=O) groups is 2. The summed E-state index contributed by atoms with van der Waals surface area (Å²) in [7, 11) is 1.44. The average molecular weight is 501 g/mol. The van der Waals surface area contributed by atoms with Gasteiger partial charge in [0.2, 0.25) is 0 Å². The zero-order chi connectivity index (χ0) is 24.7. The minimum absolute atomic E-state index is 0.171. The lowest BCUT2D eigenvalue weighted by atomic mass is 10.1. The summed E-state index contributed by atoms with van der Waals surface area (Å²) < 4.78 is 16.2. The molecule has 0 radical (unpaired) electrons. The molecule has 0 spiro atoms. The molecule has 9 heteroatoms. The van der Waals surface area contributed by atoms with Gasteiger partial charge in [-0.15, -0.1) is 0 Å². The fourth-order valence-electron chi connectivity index (χ4n) is 2.82. The lowest BCUT2D eigenvalue weighted by molar-refractivity contribution is -0.123. The maximum atomic E-state index is 12.5. The Labute approximate surface area is 207 Å². The first-order valence-corrected chi connectivity index (χ1v) is 10.9. The molecule has 0 aliphatic rings. The summed E-state index contributed by atoms with van der Waals surface area (Å²) in [6.07, 6.45) is 1.43. The highest BCUT2D eigenvalue weighted by atomic mass is 35.5. The smallest absolute Gasteiger partial charge is 0.345 e. The Hall–Kier alpha value is -3.55. The number of hydrazone groups is 1. The van der Waals surface area contributed by atoms with Crippen LogP contribution in [0.4, 0.5) is 0 Å². The second kappa shape index (κ2) is 11.5. The number of nitrogens with one attached hydrogen (secondary N) is 1. The lowest BCUT2D eigenvalue weighted by Gasteiger charge is -2.11. The first-order valence-electron chi connectivity index (χ1n) is 10.1. The van der Waals surface area contributed by atoms with Crippen LogP contribution in [0.5, 0.6) is 17.2 Å². The summed E-state index contributed by atoms with van der Waals surface area (Å²) in [4.78, 5) is 24.4. The quantitative estimate of drug-likeness (QED) is 0.194. The molecule has 0 heterocycles. The molecule has 34 heavy (non-hydrogen) atoms. The van der Waals surface area contributed by atoms with Crippen LogP contribution in [0.25, 0.3) is 0 Å². The highest BCUT2D eigenvalue weighted by molar-refractivity contribution is 6.36. The van der Waals surface area contributed by atoms with Gasteiger partial charge in [0.05, 0.1) is 23.9 Å². The van der Waals surface area contributed by atoms with Crippen LogP contribution in [-0.4, -0.2) is 31.8 Å². The van der Waals surface area contributed by atoms with Crippen molar-refractivity contribution in [2.24, 2.45) is 5.10 Å². The minimum atomic E-state index is -0.655. The van der Waals surface area contributed by atoms with Crippen molar-refractivity contribution < 1.29 is 23.8 Å². The number of halogens is 2. The number of amides is 1. The summed E-state index contributed by atoms with van der Waals surface area (Å²) >= 11 is 11.9. The van der Waals surface area contributed by atoms with Gasteiger partial charge in [-0.25, -0.2) is 10.2 Å². The summed E-state index contributed by atoms with van der Waals surface area (Å²) in [5.41, 5.74) is 5.40. The van der Waals surface area contributed by atoms with Crippen LogP contribution in [0.1, 0.15) is 27.0 Å². The molecule has 176 valence electrons. The summed E-state index contributed by atoms with van der Waals surface area (Å²) in [6, 6.07) is 14.9. The standard InChI is InChI=1S/C25H22Cl2N2O5/c1-15-4-7-19(10-16(15)2)33-14-24(30)29-28-13-17-5-9-22(23(11-17)32-3)34-25(31)20-8-6-18(26)12-21(20)27/h4-13H,14H2,1-3H3,(H,29,30)/b28-13+. The van der Waals surface area contributed by atoms with Gasteiger partial charge in [0, 0.05) is 5.02 Å². The first-order chi connectivity index (χ1) is 16.3. The number of esters is 1. The van der Waals surface area contributed by atoms with Gasteiger partial charge >= 0.3 is 5.97 Å². The number of hydrogen-bond donors (Lipinski definition) is 1. The van der Waals surface area contributed by atoms with Gasteiger partial charge in [-0.1, -0.05) is 29.3 Å². The molecule has 1 amide bonds. The van der Waals surface area contributed by atoms with Crippen LogP contribution in [0.2, 0.25) is 10.0 Å². The fraction of sp³-hybridized carbons (Fsp3) is 0.160. The summed E-state index contributed by atoms with van der Waals surface area (Å²) in [6.45, 7) is 3.80. The third kappa shape index (κ3) is 6.73. The van der Waals surface area contributed by atoms with Crippen LogP contribution in [-0.2, 0) is 4.79 Å². The number of aryl methyl sites for hydroxylation is 2. The van der Waals surface area contributed by atoms with Gasteiger partial charge in [0.1, 0.15) is 5.75 Å². The van der Waals surface area contributed by atoms with E-state index in [0.717, 1.165) is 11.1 Å². The van der Waals surface area contributed by atoms with Crippen molar-refractivity contribution in [2.45, 2.75) is 13.8 Å². The molecule has 0 saturated carbocycles. The number of carbonyl (C=O) groups excluding carboxylic acids is 2.